The van der Waals surface area contributed by atoms with Gasteiger partial charge in [0.1, 0.15) is 5.76 Å². The minimum absolute atomic E-state index is 0.0272. The number of hydrogen-bond acceptors (Lipinski definition) is 3. The molecule has 4 heteroatoms. The maximum Gasteiger partial charge on any atom is 0.371 e. The van der Waals surface area contributed by atoms with Crippen LogP contribution in [0.5, 0.6) is 0 Å². The fraction of sp³-hybridized carbons (Fsp3) is 0.643. The minimum Gasteiger partial charge on any atom is -0.475 e. The van der Waals surface area contributed by atoms with E-state index in [2.05, 4.69) is 18.7 Å². The lowest BCUT2D eigenvalue weighted by molar-refractivity contribution is 0.0653. The molecule has 100 valence electrons. The molecular formula is C14H21NO3. The van der Waals surface area contributed by atoms with Crippen LogP contribution in [0.25, 0.3) is 0 Å². The first-order valence-corrected chi connectivity index (χ1v) is 6.72. The van der Waals surface area contributed by atoms with Gasteiger partial charge >= 0.3 is 5.97 Å². The predicted molar refractivity (Wildman–Crippen MR) is 68.7 cm³/mol. The quantitative estimate of drug-likeness (QED) is 0.872. The molecule has 1 aliphatic carbocycles. The highest BCUT2D eigenvalue weighted by atomic mass is 16.4. The molecule has 0 spiro atoms. The highest BCUT2D eigenvalue weighted by Crippen LogP contribution is 2.31. The minimum atomic E-state index is -1.00. The largest absolute Gasteiger partial charge is 0.475 e. The van der Waals surface area contributed by atoms with E-state index >= 15 is 0 Å². The second-order valence-electron chi connectivity index (χ2n) is 4.95. The normalized spacial score (nSPS) is 18.4. The van der Waals surface area contributed by atoms with Gasteiger partial charge in [-0.25, -0.2) is 4.79 Å². The Morgan fingerprint density at radius 2 is 2.17 bits per heavy atom. The van der Waals surface area contributed by atoms with Crippen LogP contribution in [0.1, 0.15) is 61.9 Å². The van der Waals surface area contributed by atoms with E-state index in [9.17, 15) is 4.79 Å². The summed E-state index contributed by atoms with van der Waals surface area (Å²) in [7, 11) is 0. The molecule has 1 saturated carbocycles. The molecule has 0 amide bonds. The summed E-state index contributed by atoms with van der Waals surface area (Å²) in [4.78, 5) is 13.2. The van der Waals surface area contributed by atoms with Gasteiger partial charge in [-0.1, -0.05) is 19.8 Å². The SMILES string of the molecule is CCN(C1CCCC1)C(C)c1ccc(C(=O)O)o1. The van der Waals surface area contributed by atoms with Gasteiger partial charge in [-0.15, -0.1) is 0 Å². The Morgan fingerprint density at radius 1 is 1.50 bits per heavy atom. The van der Waals surface area contributed by atoms with Crippen LogP contribution in [0.2, 0.25) is 0 Å². The van der Waals surface area contributed by atoms with Gasteiger partial charge in [0.05, 0.1) is 6.04 Å². The second kappa shape index (κ2) is 5.57. The van der Waals surface area contributed by atoms with Crippen molar-refractivity contribution in [1.82, 2.24) is 4.90 Å². The Hall–Kier alpha value is -1.29. The van der Waals surface area contributed by atoms with Crippen molar-refractivity contribution in [2.75, 3.05) is 6.54 Å². The molecule has 1 aromatic rings. The van der Waals surface area contributed by atoms with Crippen LogP contribution in [-0.4, -0.2) is 28.6 Å². The zero-order chi connectivity index (χ0) is 13.1. The summed E-state index contributed by atoms with van der Waals surface area (Å²) in [6, 6.07) is 4.08. The van der Waals surface area contributed by atoms with Gasteiger partial charge in [0.2, 0.25) is 5.76 Å². The van der Waals surface area contributed by atoms with Crippen molar-refractivity contribution in [3.63, 3.8) is 0 Å². The number of carboxylic acid groups (broad SMARTS) is 1. The topological polar surface area (TPSA) is 53.7 Å². The van der Waals surface area contributed by atoms with Crippen LogP contribution in [-0.2, 0) is 0 Å². The maximum atomic E-state index is 10.8. The second-order valence-corrected chi connectivity index (χ2v) is 4.95. The molecule has 2 rings (SSSR count). The summed E-state index contributed by atoms with van der Waals surface area (Å²) >= 11 is 0. The standard InChI is InChI=1S/C14H21NO3/c1-3-15(11-6-4-5-7-11)10(2)12-8-9-13(18-12)14(16)17/h8-11H,3-7H2,1-2H3,(H,16,17). The summed E-state index contributed by atoms with van der Waals surface area (Å²) in [6.07, 6.45) is 5.08. The van der Waals surface area contributed by atoms with Gasteiger partial charge in [-0.05, 0) is 38.4 Å². The highest BCUT2D eigenvalue weighted by molar-refractivity contribution is 5.84. The molecule has 1 aromatic heterocycles. The third-order valence-corrected chi connectivity index (χ3v) is 3.91. The van der Waals surface area contributed by atoms with E-state index in [1.807, 2.05) is 0 Å². The molecular weight excluding hydrogens is 230 g/mol. The van der Waals surface area contributed by atoms with Gasteiger partial charge in [0, 0.05) is 6.04 Å². The zero-order valence-electron chi connectivity index (χ0n) is 11.1. The van der Waals surface area contributed by atoms with Crippen molar-refractivity contribution >= 4 is 5.97 Å². The van der Waals surface area contributed by atoms with Gasteiger partial charge < -0.3 is 9.52 Å². The van der Waals surface area contributed by atoms with Crippen LogP contribution in [0, 0.1) is 0 Å². The van der Waals surface area contributed by atoms with E-state index in [-0.39, 0.29) is 11.8 Å². The van der Waals surface area contributed by atoms with Crippen LogP contribution < -0.4 is 0 Å². The molecule has 0 saturated heterocycles. The lowest BCUT2D eigenvalue weighted by Gasteiger charge is -2.32. The predicted octanol–water partition coefficient (Wildman–Crippen LogP) is 3.30. The fourth-order valence-corrected chi connectivity index (χ4v) is 2.94. The molecule has 1 aliphatic rings. The Kier molecular flexibility index (Phi) is 4.07. The van der Waals surface area contributed by atoms with Crippen LogP contribution >= 0.6 is 0 Å². The molecule has 0 aromatic carbocycles. The van der Waals surface area contributed by atoms with E-state index < -0.39 is 5.97 Å². The number of carboxylic acids is 1. The molecule has 0 radical (unpaired) electrons. The smallest absolute Gasteiger partial charge is 0.371 e. The molecule has 1 fully saturated rings. The molecule has 4 nitrogen and oxygen atoms in total. The third kappa shape index (κ3) is 2.58. The Labute approximate surface area is 108 Å². The number of furan rings is 1. The molecule has 1 N–H and O–H groups in total. The van der Waals surface area contributed by atoms with Crippen molar-refractivity contribution in [3.8, 4) is 0 Å². The highest BCUT2D eigenvalue weighted by Gasteiger charge is 2.27. The van der Waals surface area contributed by atoms with Gasteiger partial charge in [-0.2, -0.15) is 0 Å². The first kappa shape index (κ1) is 13.1. The van der Waals surface area contributed by atoms with Crippen molar-refractivity contribution < 1.29 is 14.3 Å². The van der Waals surface area contributed by atoms with E-state index in [0.29, 0.717) is 6.04 Å². The summed E-state index contributed by atoms with van der Waals surface area (Å²) in [5, 5.41) is 8.88. The average molecular weight is 251 g/mol. The van der Waals surface area contributed by atoms with E-state index in [0.717, 1.165) is 12.3 Å². The van der Waals surface area contributed by atoms with Crippen molar-refractivity contribution in [2.45, 2.75) is 51.6 Å². The summed E-state index contributed by atoms with van der Waals surface area (Å²) in [6.45, 7) is 5.21. The number of aromatic carboxylic acids is 1. The molecule has 18 heavy (non-hydrogen) atoms. The number of carbonyl (C=O) groups is 1. The van der Waals surface area contributed by atoms with Gasteiger partial charge in [0.25, 0.3) is 0 Å². The Balaban J connectivity index is 2.11. The number of rotatable bonds is 5. The Morgan fingerprint density at radius 3 is 2.67 bits per heavy atom. The molecule has 1 atom stereocenters. The lowest BCUT2D eigenvalue weighted by atomic mass is 10.1. The monoisotopic (exact) mass is 251 g/mol. The van der Waals surface area contributed by atoms with E-state index in [4.69, 9.17) is 9.52 Å². The van der Waals surface area contributed by atoms with Crippen molar-refractivity contribution in [1.29, 1.82) is 0 Å². The van der Waals surface area contributed by atoms with Crippen LogP contribution in [0.4, 0.5) is 0 Å². The van der Waals surface area contributed by atoms with Crippen molar-refractivity contribution in [3.05, 3.63) is 23.7 Å². The molecule has 1 unspecified atom stereocenters. The molecule has 0 aliphatic heterocycles. The summed E-state index contributed by atoms with van der Waals surface area (Å²) < 4.78 is 5.41. The number of hydrogen-bond donors (Lipinski definition) is 1. The maximum absolute atomic E-state index is 10.8. The zero-order valence-corrected chi connectivity index (χ0v) is 11.1. The van der Waals surface area contributed by atoms with E-state index in [1.54, 1.807) is 6.07 Å². The average Bonchev–Trinajstić information content (AvgIpc) is 3.01. The fourth-order valence-electron chi connectivity index (χ4n) is 2.94. The van der Waals surface area contributed by atoms with Crippen LogP contribution in [0.15, 0.2) is 16.5 Å². The van der Waals surface area contributed by atoms with Crippen molar-refractivity contribution in [2.24, 2.45) is 0 Å². The molecule has 1 heterocycles. The first-order valence-electron chi connectivity index (χ1n) is 6.72. The summed E-state index contributed by atoms with van der Waals surface area (Å²) in [5.74, 6) is -0.224. The van der Waals surface area contributed by atoms with Crippen LogP contribution in [0.3, 0.4) is 0 Å². The van der Waals surface area contributed by atoms with E-state index in [1.165, 1.54) is 31.7 Å². The Bertz CT molecular complexity index is 407. The van der Waals surface area contributed by atoms with Gasteiger partial charge in [-0.3, -0.25) is 4.90 Å². The first-order chi connectivity index (χ1) is 8.63. The number of nitrogens with zero attached hydrogens (tertiary/aromatic N) is 1. The van der Waals surface area contributed by atoms with Gasteiger partial charge in [0.15, 0.2) is 0 Å². The summed E-state index contributed by atoms with van der Waals surface area (Å²) in [5.41, 5.74) is 0. The molecule has 0 bridgehead atoms. The lowest BCUT2D eigenvalue weighted by Crippen LogP contribution is -2.35. The third-order valence-electron chi connectivity index (χ3n) is 3.91.